The van der Waals surface area contributed by atoms with Gasteiger partial charge in [0.05, 0.1) is 32.9 Å². The Balaban J connectivity index is 3.25. The highest BCUT2D eigenvalue weighted by atomic mass is 32.2. The first-order valence-corrected chi connectivity index (χ1v) is 15.4. The van der Waals surface area contributed by atoms with Gasteiger partial charge in [-0.15, -0.1) is 0 Å². The average Bonchev–Trinajstić information content (AvgIpc) is 2.71. The molecule has 0 rings (SSSR count). The lowest BCUT2D eigenvalue weighted by Crippen LogP contribution is -2.42. The van der Waals surface area contributed by atoms with Gasteiger partial charge in [-0.3, -0.25) is 4.55 Å². The fraction of sp³-hybridized carbons (Fsp3) is 1.00. The zero-order valence-corrected chi connectivity index (χ0v) is 22.7. The lowest BCUT2D eigenvalue weighted by atomic mass is 10.0. The molecule has 0 fully saturated rings. The van der Waals surface area contributed by atoms with E-state index in [1.165, 1.54) is 103 Å². The second-order valence-corrected chi connectivity index (χ2v) is 12.0. The van der Waals surface area contributed by atoms with Gasteiger partial charge in [-0.25, -0.2) is 0 Å². The van der Waals surface area contributed by atoms with E-state index in [0.717, 1.165) is 37.1 Å². The van der Waals surface area contributed by atoms with Crippen LogP contribution in [0.15, 0.2) is 0 Å². The smallest absolute Gasteiger partial charge is 0.265 e. The molecule has 32 heavy (non-hydrogen) atoms. The third-order valence-electron chi connectivity index (χ3n) is 6.49. The summed E-state index contributed by atoms with van der Waals surface area (Å²) in [6, 6.07) is 0. The molecule has 0 amide bonds. The first kappa shape index (κ1) is 31.8. The molecule has 0 unspecified atom stereocenters. The molecule has 0 saturated heterocycles. The van der Waals surface area contributed by atoms with E-state index < -0.39 is 10.1 Å². The maximum absolute atomic E-state index is 10.8. The third-order valence-corrected chi connectivity index (χ3v) is 7.29. The molecule has 5 nitrogen and oxygen atoms in total. The van der Waals surface area contributed by atoms with Crippen LogP contribution in [-0.2, 0) is 10.1 Å². The van der Waals surface area contributed by atoms with Crippen LogP contribution < -0.4 is 5.32 Å². The molecule has 0 heterocycles. The number of hydrogen-bond donors (Lipinski definition) is 2. The molecular formula is C26H57N2O3S+. The van der Waals surface area contributed by atoms with E-state index in [-0.39, 0.29) is 5.75 Å². The molecule has 194 valence electrons. The van der Waals surface area contributed by atoms with Gasteiger partial charge < -0.3 is 9.80 Å². The molecule has 0 spiro atoms. The van der Waals surface area contributed by atoms with Crippen molar-refractivity contribution in [1.29, 1.82) is 0 Å². The summed E-state index contributed by atoms with van der Waals surface area (Å²) in [6.45, 7) is 6.22. The Labute approximate surface area is 201 Å². The van der Waals surface area contributed by atoms with E-state index in [1.54, 1.807) is 0 Å². The van der Waals surface area contributed by atoms with Crippen molar-refractivity contribution in [2.45, 2.75) is 122 Å². The van der Waals surface area contributed by atoms with Gasteiger partial charge >= 0.3 is 0 Å². The largest absolute Gasteiger partial charge is 0.328 e. The summed E-state index contributed by atoms with van der Waals surface area (Å²) in [5, 5.41) is 3.54. The second-order valence-electron chi connectivity index (χ2n) is 10.4. The van der Waals surface area contributed by atoms with Crippen LogP contribution in [0.3, 0.4) is 0 Å². The quantitative estimate of drug-likeness (QED) is 0.0885. The van der Waals surface area contributed by atoms with Crippen molar-refractivity contribution >= 4 is 10.1 Å². The van der Waals surface area contributed by atoms with Crippen molar-refractivity contribution in [2.24, 2.45) is 0 Å². The Morgan fingerprint density at radius 3 is 1.41 bits per heavy atom. The van der Waals surface area contributed by atoms with Gasteiger partial charge in [-0.05, 0) is 13.0 Å². The molecule has 2 N–H and O–H groups in total. The maximum Gasteiger partial charge on any atom is 0.265 e. The third kappa shape index (κ3) is 26.1. The Kier molecular flexibility index (Phi) is 21.3. The van der Waals surface area contributed by atoms with E-state index >= 15 is 0 Å². The monoisotopic (exact) mass is 477 g/mol. The van der Waals surface area contributed by atoms with E-state index in [0.29, 0.717) is 6.42 Å². The van der Waals surface area contributed by atoms with Crippen LogP contribution >= 0.6 is 0 Å². The summed E-state index contributed by atoms with van der Waals surface area (Å²) in [4.78, 5) is 0. The molecule has 0 radical (unpaired) electrons. The van der Waals surface area contributed by atoms with Crippen LogP contribution in [0.5, 0.6) is 0 Å². The summed E-state index contributed by atoms with van der Waals surface area (Å²) >= 11 is 0. The SMILES string of the molecule is CCCCCCCCCCCCCCCCCCNCCC[N+](C)(C)CCCS(=O)(=O)O. The number of rotatable bonds is 25. The lowest BCUT2D eigenvalue weighted by molar-refractivity contribution is -0.890. The molecule has 0 aromatic rings. The molecule has 0 aromatic heterocycles. The Bertz CT molecular complexity index is 495. The first-order chi connectivity index (χ1) is 15.3. The van der Waals surface area contributed by atoms with Gasteiger partial charge in [-0.1, -0.05) is 103 Å². The van der Waals surface area contributed by atoms with Crippen LogP contribution in [0.1, 0.15) is 122 Å². The summed E-state index contributed by atoms with van der Waals surface area (Å²) in [5.41, 5.74) is 0. The predicted molar refractivity (Wildman–Crippen MR) is 140 cm³/mol. The van der Waals surface area contributed by atoms with Gasteiger partial charge in [0.15, 0.2) is 0 Å². The first-order valence-electron chi connectivity index (χ1n) is 13.7. The van der Waals surface area contributed by atoms with Crippen LogP contribution in [-0.4, -0.2) is 63.5 Å². The van der Waals surface area contributed by atoms with Gasteiger partial charge in [0, 0.05) is 19.4 Å². The minimum Gasteiger partial charge on any atom is -0.328 e. The average molecular weight is 478 g/mol. The normalized spacial score (nSPS) is 12.5. The highest BCUT2D eigenvalue weighted by Crippen LogP contribution is 2.13. The standard InChI is InChI=1S/C26H56N2O3S/c1-4-5-6-7-8-9-10-11-12-13-14-15-16-17-18-19-22-27-23-20-24-28(2,3)25-21-26-32(29,30)31/h27H,4-26H2,1-3H3/p+1. The van der Waals surface area contributed by atoms with E-state index in [1.807, 2.05) is 0 Å². The molecule has 0 aliphatic carbocycles. The fourth-order valence-electron chi connectivity index (χ4n) is 4.34. The number of quaternary nitrogens is 1. The van der Waals surface area contributed by atoms with Crippen LogP contribution in [0.2, 0.25) is 0 Å². The van der Waals surface area contributed by atoms with Crippen molar-refractivity contribution in [1.82, 2.24) is 5.32 Å². The van der Waals surface area contributed by atoms with E-state index in [9.17, 15) is 8.42 Å². The van der Waals surface area contributed by atoms with Crippen molar-refractivity contribution < 1.29 is 17.5 Å². The fourth-order valence-corrected chi connectivity index (χ4v) is 4.84. The van der Waals surface area contributed by atoms with E-state index in [2.05, 4.69) is 26.3 Å². The van der Waals surface area contributed by atoms with Gasteiger partial charge in [-0.2, -0.15) is 8.42 Å². The van der Waals surface area contributed by atoms with Crippen molar-refractivity contribution in [3.63, 3.8) is 0 Å². The number of nitrogens with one attached hydrogen (secondary N) is 1. The molecule has 0 bridgehead atoms. The van der Waals surface area contributed by atoms with Crippen LogP contribution in [0, 0.1) is 0 Å². The highest BCUT2D eigenvalue weighted by molar-refractivity contribution is 7.85. The van der Waals surface area contributed by atoms with Crippen molar-refractivity contribution in [3.05, 3.63) is 0 Å². The molecule has 0 saturated carbocycles. The molecule has 6 heteroatoms. The second kappa shape index (κ2) is 21.4. The summed E-state index contributed by atoms with van der Waals surface area (Å²) < 4.78 is 31.2. The highest BCUT2D eigenvalue weighted by Gasteiger charge is 2.16. The molecule has 0 aliphatic rings. The molecule has 0 aliphatic heterocycles. The summed E-state index contributed by atoms with van der Waals surface area (Å²) in [5.74, 6) is -0.133. The minimum atomic E-state index is -3.82. The Morgan fingerprint density at radius 2 is 0.969 bits per heavy atom. The van der Waals surface area contributed by atoms with Crippen LogP contribution in [0.4, 0.5) is 0 Å². The summed E-state index contributed by atoms with van der Waals surface area (Å²) in [6.07, 6.45) is 24.1. The van der Waals surface area contributed by atoms with Gasteiger partial charge in [0.1, 0.15) is 0 Å². The molecular weight excluding hydrogens is 420 g/mol. The molecule has 0 aromatic carbocycles. The van der Waals surface area contributed by atoms with Gasteiger partial charge in [0.25, 0.3) is 10.1 Å². The van der Waals surface area contributed by atoms with Crippen molar-refractivity contribution in [2.75, 3.05) is 46.0 Å². The van der Waals surface area contributed by atoms with E-state index in [4.69, 9.17) is 4.55 Å². The topological polar surface area (TPSA) is 66.4 Å². The summed E-state index contributed by atoms with van der Waals surface area (Å²) in [7, 11) is 0.425. The number of unbranched alkanes of at least 4 members (excludes halogenated alkanes) is 15. The Morgan fingerprint density at radius 1 is 0.594 bits per heavy atom. The van der Waals surface area contributed by atoms with Crippen LogP contribution in [0.25, 0.3) is 0 Å². The lowest BCUT2D eigenvalue weighted by Gasteiger charge is -2.29. The number of hydrogen-bond acceptors (Lipinski definition) is 3. The minimum absolute atomic E-state index is 0.133. The van der Waals surface area contributed by atoms with Gasteiger partial charge in [0.2, 0.25) is 0 Å². The number of nitrogens with zero attached hydrogens (tertiary/aromatic N) is 1. The zero-order valence-electron chi connectivity index (χ0n) is 21.9. The maximum atomic E-state index is 10.8. The van der Waals surface area contributed by atoms with Crippen molar-refractivity contribution in [3.8, 4) is 0 Å². The molecule has 0 atom stereocenters. The predicted octanol–water partition coefficient (Wildman–Crippen LogP) is 6.58. The zero-order chi connectivity index (χ0) is 24.0. The Hall–Kier alpha value is -0.170.